The minimum Gasteiger partial charge on any atom is -0.380 e. The SMILES string of the molecule is CCCCOCCNC(C)C(=O)NCC. The molecule has 2 N–H and O–H groups in total. The summed E-state index contributed by atoms with van der Waals surface area (Å²) < 4.78 is 5.37. The molecule has 0 radical (unpaired) electrons. The fraction of sp³-hybridized carbons (Fsp3) is 0.909. The summed E-state index contributed by atoms with van der Waals surface area (Å²) in [4.78, 5) is 11.3. The van der Waals surface area contributed by atoms with E-state index in [0.717, 1.165) is 26.0 Å². The molecule has 1 amide bonds. The lowest BCUT2D eigenvalue weighted by molar-refractivity contribution is -0.122. The Hall–Kier alpha value is -0.610. The Morgan fingerprint density at radius 2 is 2.07 bits per heavy atom. The molecular formula is C11H24N2O2. The fourth-order valence-electron chi connectivity index (χ4n) is 1.12. The number of carbonyl (C=O) groups is 1. The molecule has 0 rings (SSSR count). The Morgan fingerprint density at radius 3 is 2.67 bits per heavy atom. The zero-order valence-electron chi connectivity index (χ0n) is 10.1. The molecule has 15 heavy (non-hydrogen) atoms. The lowest BCUT2D eigenvalue weighted by Gasteiger charge is -2.13. The summed E-state index contributed by atoms with van der Waals surface area (Å²) in [6.07, 6.45) is 2.26. The average molecular weight is 216 g/mol. The molecule has 1 atom stereocenters. The average Bonchev–Trinajstić information content (AvgIpc) is 2.23. The van der Waals surface area contributed by atoms with Crippen molar-refractivity contribution in [2.75, 3.05) is 26.3 Å². The van der Waals surface area contributed by atoms with Crippen molar-refractivity contribution < 1.29 is 9.53 Å². The Kier molecular flexibility index (Phi) is 9.52. The summed E-state index contributed by atoms with van der Waals surface area (Å²) in [7, 11) is 0. The maximum atomic E-state index is 11.3. The van der Waals surface area contributed by atoms with Crippen molar-refractivity contribution in [1.29, 1.82) is 0 Å². The van der Waals surface area contributed by atoms with E-state index in [1.807, 2.05) is 13.8 Å². The van der Waals surface area contributed by atoms with E-state index in [4.69, 9.17) is 4.74 Å². The van der Waals surface area contributed by atoms with Crippen LogP contribution in [-0.2, 0) is 9.53 Å². The Balaban J connectivity index is 3.30. The topological polar surface area (TPSA) is 50.4 Å². The van der Waals surface area contributed by atoms with Crippen LogP contribution in [0.25, 0.3) is 0 Å². The van der Waals surface area contributed by atoms with Gasteiger partial charge in [0.05, 0.1) is 12.6 Å². The number of rotatable bonds is 9. The molecule has 0 aromatic carbocycles. The third-order valence-corrected chi connectivity index (χ3v) is 2.08. The summed E-state index contributed by atoms with van der Waals surface area (Å²) >= 11 is 0. The third kappa shape index (κ3) is 8.39. The molecule has 1 unspecified atom stereocenters. The first-order chi connectivity index (χ1) is 7.22. The Morgan fingerprint density at radius 1 is 1.33 bits per heavy atom. The Labute approximate surface area is 92.8 Å². The number of carbonyl (C=O) groups excluding carboxylic acids is 1. The van der Waals surface area contributed by atoms with E-state index in [1.165, 1.54) is 0 Å². The molecule has 0 aromatic heterocycles. The van der Waals surface area contributed by atoms with Crippen LogP contribution in [0.1, 0.15) is 33.6 Å². The van der Waals surface area contributed by atoms with Gasteiger partial charge in [-0.1, -0.05) is 13.3 Å². The normalized spacial score (nSPS) is 12.5. The van der Waals surface area contributed by atoms with Crippen LogP contribution in [0.4, 0.5) is 0 Å². The zero-order valence-corrected chi connectivity index (χ0v) is 10.1. The highest BCUT2D eigenvalue weighted by Gasteiger charge is 2.09. The van der Waals surface area contributed by atoms with Crippen LogP contribution in [0.2, 0.25) is 0 Å². The van der Waals surface area contributed by atoms with Crippen LogP contribution in [-0.4, -0.2) is 38.3 Å². The van der Waals surface area contributed by atoms with Gasteiger partial charge in [-0.25, -0.2) is 0 Å². The predicted octanol–water partition coefficient (Wildman–Crippen LogP) is 0.917. The number of ether oxygens (including phenoxy) is 1. The van der Waals surface area contributed by atoms with Gasteiger partial charge in [-0.2, -0.15) is 0 Å². The van der Waals surface area contributed by atoms with Crippen molar-refractivity contribution in [3.8, 4) is 0 Å². The van der Waals surface area contributed by atoms with Gasteiger partial charge < -0.3 is 15.4 Å². The second-order valence-corrected chi connectivity index (χ2v) is 3.54. The predicted molar refractivity (Wildman–Crippen MR) is 61.9 cm³/mol. The zero-order chi connectivity index (χ0) is 11.5. The molecule has 0 aliphatic heterocycles. The number of amides is 1. The lowest BCUT2D eigenvalue weighted by Crippen LogP contribution is -2.43. The number of nitrogens with one attached hydrogen (secondary N) is 2. The highest BCUT2D eigenvalue weighted by atomic mass is 16.5. The molecule has 0 fully saturated rings. The monoisotopic (exact) mass is 216 g/mol. The van der Waals surface area contributed by atoms with Crippen LogP contribution in [0.5, 0.6) is 0 Å². The molecule has 4 nitrogen and oxygen atoms in total. The highest BCUT2D eigenvalue weighted by molar-refractivity contribution is 5.81. The first-order valence-corrected chi connectivity index (χ1v) is 5.81. The molecule has 90 valence electrons. The van der Waals surface area contributed by atoms with Crippen molar-refractivity contribution in [1.82, 2.24) is 10.6 Å². The standard InChI is InChI=1S/C11H24N2O2/c1-4-6-8-15-9-7-13-10(3)11(14)12-5-2/h10,13H,4-9H2,1-3H3,(H,12,14). The van der Waals surface area contributed by atoms with Crippen LogP contribution in [0.3, 0.4) is 0 Å². The molecule has 0 saturated carbocycles. The van der Waals surface area contributed by atoms with E-state index < -0.39 is 0 Å². The van der Waals surface area contributed by atoms with Gasteiger partial charge in [-0.15, -0.1) is 0 Å². The minimum atomic E-state index is -0.139. The minimum absolute atomic E-state index is 0.0473. The lowest BCUT2D eigenvalue weighted by atomic mass is 10.3. The van der Waals surface area contributed by atoms with Crippen molar-refractivity contribution in [2.45, 2.75) is 39.7 Å². The van der Waals surface area contributed by atoms with Crippen molar-refractivity contribution in [3.05, 3.63) is 0 Å². The molecule has 0 bridgehead atoms. The second kappa shape index (κ2) is 9.93. The molecule has 0 aliphatic rings. The first-order valence-electron chi connectivity index (χ1n) is 5.81. The molecular weight excluding hydrogens is 192 g/mol. The van der Waals surface area contributed by atoms with E-state index >= 15 is 0 Å². The second-order valence-electron chi connectivity index (χ2n) is 3.54. The summed E-state index contributed by atoms with van der Waals surface area (Å²) in [5.41, 5.74) is 0. The quantitative estimate of drug-likeness (QED) is 0.563. The number of hydrogen-bond acceptors (Lipinski definition) is 3. The molecule has 0 saturated heterocycles. The van der Waals surface area contributed by atoms with Crippen LogP contribution in [0, 0.1) is 0 Å². The fourth-order valence-corrected chi connectivity index (χ4v) is 1.12. The largest absolute Gasteiger partial charge is 0.380 e. The first kappa shape index (κ1) is 14.4. The van der Waals surface area contributed by atoms with E-state index in [2.05, 4.69) is 17.6 Å². The van der Waals surface area contributed by atoms with E-state index in [-0.39, 0.29) is 11.9 Å². The van der Waals surface area contributed by atoms with Crippen molar-refractivity contribution in [2.24, 2.45) is 0 Å². The van der Waals surface area contributed by atoms with Crippen LogP contribution >= 0.6 is 0 Å². The molecule has 0 spiro atoms. The van der Waals surface area contributed by atoms with Crippen LogP contribution in [0.15, 0.2) is 0 Å². The number of unbranched alkanes of at least 4 members (excludes halogenated alkanes) is 1. The highest BCUT2D eigenvalue weighted by Crippen LogP contribution is 1.87. The molecule has 0 heterocycles. The van der Waals surface area contributed by atoms with Gasteiger partial charge >= 0.3 is 0 Å². The summed E-state index contributed by atoms with van der Waals surface area (Å²) in [5.74, 6) is 0.0473. The molecule has 0 aromatic rings. The van der Waals surface area contributed by atoms with Gasteiger partial charge in [0.15, 0.2) is 0 Å². The Bertz CT molecular complexity index is 163. The van der Waals surface area contributed by atoms with Gasteiger partial charge in [-0.3, -0.25) is 4.79 Å². The van der Waals surface area contributed by atoms with Crippen LogP contribution < -0.4 is 10.6 Å². The number of hydrogen-bond donors (Lipinski definition) is 2. The van der Waals surface area contributed by atoms with E-state index in [9.17, 15) is 4.79 Å². The summed E-state index contributed by atoms with van der Waals surface area (Å²) in [5, 5.41) is 5.87. The van der Waals surface area contributed by atoms with Crippen molar-refractivity contribution in [3.63, 3.8) is 0 Å². The molecule has 4 heteroatoms. The van der Waals surface area contributed by atoms with E-state index in [1.54, 1.807) is 0 Å². The van der Waals surface area contributed by atoms with Crippen molar-refractivity contribution >= 4 is 5.91 Å². The van der Waals surface area contributed by atoms with Gasteiger partial charge in [0.2, 0.25) is 5.91 Å². The van der Waals surface area contributed by atoms with Gasteiger partial charge in [0.25, 0.3) is 0 Å². The summed E-state index contributed by atoms with van der Waals surface area (Å²) in [6, 6.07) is -0.139. The maximum Gasteiger partial charge on any atom is 0.236 e. The maximum absolute atomic E-state index is 11.3. The smallest absolute Gasteiger partial charge is 0.236 e. The van der Waals surface area contributed by atoms with Gasteiger partial charge in [-0.05, 0) is 20.3 Å². The van der Waals surface area contributed by atoms with Gasteiger partial charge in [0.1, 0.15) is 0 Å². The van der Waals surface area contributed by atoms with E-state index in [0.29, 0.717) is 13.2 Å². The molecule has 0 aliphatic carbocycles. The van der Waals surface area contributed by atoms with Gasteiger partial charge in [0, 0.05) is 19.7 Å². The third-order valence-electron chi connectivity index (χ3n) is 2.08. The summed E-state index contributed by atoms with van der Waals surface area (Å²) in [6.45, 7) is 8.80. The number of likely N-dealkylation sites (N-methyl/N-ethyl adjacent to an activating group) is 1.